The second-order valence-electron chi connectivity index (χ2n) is 7.42. The Morgan fingerprint density at radius 1 is 1.42 bits per heavy atom. The molecule has 2 rings (SSSR count). The lowest BCUT2D eigenvalue weighted by Gasteiger charge is -2.35. The Morgan fingerprint density at radius 2 is 2.12 bits per heavy atom. The van der Waals surface area contributed by atoms with E-state index in [1.54, 1.807) is 0 Å². The molecular formula is C18H26F2N2O2. The van der Waals surface area contributed by atoms with Gasteiger partial charge in [-0.05, 0) is 29.4 Å². The van der Waals surface area contributed by atoms with Crippen molar-refractivity contribution in [3.05, 3.63) is 35.4 Å². The third-order valence-electron chi connectivity index (χ3n) is 4.33. The van der Waals surface area contributed by atoms with Crippen molar-refractivity contribution in [3.63, 3.8) is 0 Å². The van der Waals surface area contributed by atoms with E-state index in [0.717, 1.165) is 10.5 Å². The number of hydrogen-bond donors (Lipinski definition) is 2. The molecule has 0 radical (unpaired) electrons. The van der Waals surface area contributed by atoms with Crippen molar-refractivity contribution < 1.29 is 18.7 Å². The van der Waals surface area contributed by atoms with Gasteiger partial charge >= 0.3 is 6.03 Å². The lowest BCUT2D eigenvalue weighted by atomic mass is 9.86. The number of carbonyl (C=O) groups excluding carboxylic acids is 1. The predicted molar refractivity (Wildman–Crippen MR) is 89.4 cm³/mol. The Hall–Kier alpha value is -1.69. The van der Waals surface area contributed by atoms with Gasteiger partial charge in [0.2, 0.25) is 0 Å². The lowest BCUT2D eigenvalue weighted by molar-refractivity contribution is -0.141. The van der Waals surface area contributed by atoms with Gasteiger partial charge in [-0.1, -0.05) is 45.0 Å². The largest absolute Gasteiger partial charge is 0.387 e. The second-order valence-corrected chi connectivity index (χ2v) is 7.42. The van der Waals surface area contributed by atoms with E-state index < -0.39 is 24.6 Å². The molecule has 1 atom stereocenters. The maximum atomic E-state index is 13.5. The minimum absolute atomic E-state index is 0.0550. The van der Waals surface area contributed by atoms with E-state index in [-0.39, 0.29) is 18.4 Å². The number of rotatable bonds is 3. The molecule has 1 unspecified atom stereocenters. The highest BCUT2D eigenvalue weighted by molar-refractivity contribution is 5.74. The molecular weight excluding hydrogens is 314 g/mol. The van der Waals surface area contributed by atoms with Gasteiger partial charge < -0.3 is 15.3 Å². The van der Waals surface area contributed by atoms with Crippen molar-refractivity contribution in [2.75, 3.05) is 19.6 Å². The van der Waals surface area contributed by atoms with Crippen LogP contribution >= 0.6 is 0 Å². The van der Waals surface area contributed by atoms with Gasteiger partial charge in [-0.25, -0.2) is 13.6 Å². The lowest BCUT2D eigenvalue weighted by Crippen LogP contribution is -2.55. The van der Waals surface area contributed by atoms with Crippen LogP contribution in [-0.4, -0.2) is 47.7 Å². The number of nitrogens with one attached hydrogen (secondary N) is 1. The van der Waals surface area contributed by atoms with Gasteiger partial charge in [0.1, 0.15) is 6.10 Å². The fourth-order valence-corrected chi connectivity index (χ4v) is 2.72. The first-order valence-corrected chi connectivity index (χ1v) is 8.28. The molecule has 1 aromatic rings. The van der Waals surface area contributed by atoms with Gasteiger partial charge in [0.15, 0.2) is 0 Å². The zero-order valence-corrected chi connectivity index (χ0v) is 14.5. The summed E-state index contributed by atoms with van der Waals surface area (Å²) in [6, 6.07) is 7.66. The first kappa shape index (κ1) is 18.6. The zero-order valence-electron chi connectivity index (χ0n) is 14.5. The fourth-order valence-electron chi connectivity index (χ4n) is 2.72. The van der Waals surface area contributed by atoms with E-state index in [1.807, 2.05) is 12.1 Å². The summed E-state index contributed by atoms with van der Waals surface area (Å²) < 4.78 is 27.0. The van der Waals surface area contributed by atoms with Crippen molar-refractivity contribution in [2.24, 2.45) is 0 Å². The molecule has 0 spiro atoms. The number of carbonyl (C=O) groups is 1. The number of alkyl halides is 2. The molecule has 24 heavy (non-hydrogen) atoms. The van der Waals surface area contributed by atoms with Crippen molar-refractivity contribution >= 4 is 6.03 Å². The van der Waals surface area contributed by atoms with Crippen LogP contribution < -0.4 is 5.32 Å². The van der Waals surface area contributed by atoms with Crippen LogP contribution in [0.2, 0.25) is 0 Å². The van der Waals surface area contributed by atoms with E-state index in [2.05, 4.69) is 38.2 Å². The number of amides is 2. The van der Waals surface area contributed by atoms with E-state index in [1.165, 1.54) is 5.56 Å². The Morgan fingerprint density at radius 3 is 2.75 bits per heavy atom. The molecule has 1 fully saturated rings. The average Bonchev–Trinajstić information content (AvgIpc) is 2.49. The number of urea groups is 1. The summed E-state index contributed by atoms with van der Waals surface area (Å²) >= 11 is 0. The van der Waals surface area contributed by atoms with E-state index in [9.17, 15) is 18.7 Å². The molecule has 0 saturated carbocycles. The SMILES string of the molecule is CC(C)(C)c1cccc(CCNC(=O)N2CCC(O)C(F)(F)C2)c1. The monoisotopic (exact) mass is 340 g/mol. The molecule has 1 aromatic carbocycles. The predicted octanol–water partition coefficient (Wildman–Crippen LogP) is 2.94. The summed E-state index contributed by atoms with van der Waals surface area (Å²) in [6.07, 6.45) is -1.13. The number of aliphatic hydroxyl groups is 1. The summed E-state index contributed by atoms with van der Waals surface area (Å²) in [4.78, 5) is 13.1. The fraction of sp³-hybridized carbons (Fsp3) is 0.611. The van der Waals surface area contributed by atoms with Crippen LogP contribution in [0.5, 0.6) is 0 Å². The number of halogens is 2. The summed E-state index contributed by atoms with van der Waals surface area (Å²) in [7, 11) is 0. The Labute approximate surface area is 141 Å². The van der Waals surface area contributed by atoms with Crippen LogP contribution in [0, 0.1) is 0 Å². The highest BCUT2D eigenvalue weighted by Gasteiger charge is 2.44. The van der Waals surface area contributed by atoms with Gasteiger partial charge in [-0.15, -0.1) is 0 Å². The molecule has 6 heteroatoms. The van der Waals surface area contributed by atoms with E-state index in [0.29, 0.717) is 13.0 Å². The summed E-state index contributed by atoms with van der Waals surface area (Å²) in [6.45, 7) is 6.20. The topological polar surface area (TPSA) is 52.6 Å². The highest BCUT2D eigenvalue weighted by Crippen LogP contribution is 2.27. The highest BCUT2D eigenvalue weighted by atomic mass is 19.3. The quantitative estimate of drug-likeness (QED) is 0.889. The molecule has 0 bridgehead atoms. The Kier molecular flexibility index (Phi) is 5.48. The first-order valence-electron chi connectivity index (χ1n) is 8.28. The Balaban J connectivity index is 1.85. The maximum Gasteiger partial charge on any atom is 0.317 e. The van der Waals surface area contributed by atoms with Crippen molar-refractivity contribution in [2.45, 2.75) is 51.1 Å². The summed E-state index contributed by atoms with van der Waals surface area (Å²) in [5.41, 5.74) is 2.37. The molecule has 1 aliphatic rings. The second kappa shape index (κ2) is 7.05. The van der Waals surface area contributed by atoms with Gasteiger partial charge in [0.25, 0.3) is 5.92 Å². The molecule has 2 amide bonds. The molecule has 1 saturated heterocycles. The standard InChI is InChI=1S/C18H26F2N2O2/c1-17(2,3)14-6-4-5-13(11-14)7-9-21-16(24)22-10-8-15(23)18(19,20)12-22/h4-6,11,15,23H,7-10,12H2,1-3H3,(H,21,24). The Bertz CT molecular complexity index is 585. The molecule has 0 aromatic heterocycles. The molecule has 2 N–H and O–H groups in total. The first-order chi connectivity index (χ1) is 11.1. The number of piperidine rings is 1. The van der Waals surface area contributed by atoms with Crippen LogP contribution in [0.15, 0.2) is 24.3 Å². The normalized spacial score (nSPS) is 20.8. The minimum atomic E-state index is -3.24. The minimum Gasteiger partial charge on any atom is -0.387 e. The van der Waals surface area contributed by atoms with Gasteiger partial charge in [0.05, 0.1) is 6.54 Å². The number of likely N-dealkylation sites (tertiary alicyclic amines) is 1. The number of benzene rings is 1. The van der Waals surface area contributed by atoms with Crippen molar-refractivity contribution in [3.8, 4) is 0 Å². The number of aliphatic hydroxyl groups excluding tert-OH is 1. The maximum absolute atomic E-state index is 13.5. The molecule has 1 aliphatic heterocycles. The van der Waals surface area contributed by atoms with Gasteiger partial charge in [0, 0.05) is 13.1 Å². The van der Waals surface area contributed by atoms with E-state index >= 15 is 0 Å². The van der Waals surface area contributed by atoms with Gasteiger partial charge in [-0.2, -0.15) is 0 Å². The van der Waals surface area contributed by atoms with Crippen LogP contribution in [0.3, 0.4) is 0 Å². The number of hydrogen-bond acceptors (Lipinski definition) is 2. The van der Waals surface area contributed by atoms with Crippen LogP contribution in [0.4, 0.5) is 13.6 Å². The van der Waals surface area contributed by atoms with Crippen LogP contribution in [0.25, 0.3) is 0 Å². The summed E-state index contributed by atoms with van der Waals surface area (Å²) in [5, 5.41) is 11.9. The van der Waals surface area contributed by atoms with E-state index in [4.69, 9.17) is 0 Å². The summed E-state index contributed by atoms with van der Waals surface area (Å²) in [5.74, 6) is -3.24. The van der Waals surface area contributed by atoms with Crippen molar-refractivity contribution in [1.29, 1.82) is 0 Å². The molecule has 4 nitrogen and oxygen atoms in total. The third-order valence-corrected chi connectivity index (χ3v) is 4.33. The van der Waals surface area contributed by atoms with Gasteiger partial charge in [-0.3, -0.25) is 0 Å². The smallest absolute Gasteiger partial charge is 0.317 e. The number of nitrogens with zero attached hydrogens (tertiary/aromatic N) is 1. The van der Waals surface area contributed by atoms with Crippen molar-refractivity contribution in [1.82, 2.24) is 10.2 Å². The molecule has 134 valence electrons. The molecule has 0 aliphatic carbocycles. The van der Waals surface area contributed by atoms with Crippen LogP contribution in [0.1, 0.15) is 38.3 Å². The zero-order chi connectivity index (χ0) is 18.0. The van der Waals surface area contributed by atoms with Crippen LogP contribution in [-0.2, 0) is 11.8 Å². The molecule has 1 heterocycles. The third kappa shape index (κ3) is 4.66. The average molecular weight is 340 g/mol.